The van der Waals surface area contributed by atoms with Gasteiger partial charge in [0.1, 0.15) is 0 Å². The fourth-order valence-electron chi connectivity index (χ4n) is 1.68. The lowest BCUT2D eigenvalue weighted by molar-refractivity contribution is 0.286. The second-order valence-corrected chi connectivity index (χ2v) is 4.29. The standard InChI is InChI=1S/C12H17NOS/c1-8-4-5-11(9(2)6-8)10(3)7-14-12(13)15/h4-6,10H,7H2,1-3H3,(H2,13,15). The van der Waals surface area contributed by atoms with E-state index >= 15 is 0 Å². The van der Waals surface area contributed by atoms with E-state index in [-0.39, 0.29) is 5.17 Å². The minimum atomic E-state index is 0.117. The van der Waals surface area contributed by atoms with E-state index in [9.17, 15) is 0 Å². The molecule has 3 heteroatoms. The van der Waals surface area contributed by atoms with Gasteiger partial charge in [0.25, 0.3) is 5.17 Å². The first-order chi connectivity index (χ1) is 7.00. The molecule has 0 bridgehead atoms. The molecule has 0 heterocycles. The summed E-state index contributed by atoms with van der Waals surface area (Å²) in [5, 5.41) is 0.117. The van der Waals surface area contributed by atoms with Crippen molar-refractivity contribution in [3.63, 3.8) is 0 Å². The average molecular weight is 223 g/mol. The van der Waals surface area contributed by atoms with Crippen LogP contribution in [0.3, 0.4) is 0 Å². The third kappa shape index (κ3) is 3.51. The maximum absolute atomic E-state index is 5.29. The van der Waals surface area contributed by atoms with Crippen molar-refractivity contribution in [3.05, 3.63) is 34.9 Å². The molecule has 1 unspecified atom stereocenters. The van der Waals surface area contributed by atoms with Gasteiger partial charge in [-0.05, 0) is 37.2 Å². The predicted octanol–water partition coefficient (Wildman–Crippen LogP) is 2.67. The summed E-state index contributed by atoms with van der Waals surface area (Å²) in [4.78, 5) is 0. The van der Waals surface area contributed by atoms with Crippen molar-refractivity contribution in [3.8, 4) is 0 Å². The van der Waals surface area contributed by atoms with Gasteiger partial charge in [-0.2, -0.15) is 0 Å². The van der Waals surface area contributed by atoms with Crippen LogP contribution in [0.2, 0.25) is 0 Å². The highest BCUT2D eigenvalue weighted by Crippen LogP contribution is 2.20. The van der Waals surface area contributed by atoms with E-state index in [0.29, 0.717) is 12.5 Å². The van der Waals surface area contributed by atoms with Crippen molar-refractivity contribution in [2.24, 2.45) is 5.73 Å². The molecule has 0 aromatic heterocycles. The van der Waals surface area contributed by atoms with Crippen molar-refractivity contribution in [2.45, 2.75) is 26.7 Å². The Morgan fingerprint density at radius 2 is 2.13 bits per heavy atom. The third-order valence-electron chi connectivity index (χ3n) is 2.43. The van der Waals surface area contributed by atoms with Crippen LogP contribution in [0.25, 0.3) is 0 Å². The van der Waals surface area contributed by atoms with Crippen molar-refractivity contribution in [2.75, 3.05) is 6.61 Å². The zero-order chi connectivity index (χ0) is 11.4. The van der Waals surface area contributed by atoms with Gasteiger partial charge in [-0.1, -0.05) is 30.7 Å². The molecule has 1 rings (SSSR count). The van der Waals surface area contributed by atoms with Crippen LogP contribution < -0.4 is 5.73 Å². The number of rotatable bonds is 3. The lowest BCUT2D eigenvalue weighted by Crippen LogP contribution is -2.16. The first-order valence-corrected chi connectivity index (χ1v) is 5.41. The Hall–Kier alpha value is -1.09. The SMILES string of the molecule is Cc1ccc(C(C)COC(N)=S)c(C)c1. The molecule has 2 nitrogen and oxygen atoms in total. The minimum Gasteiger partial charge on any atom is -0.471 e. The number of nitrogens with two attached hydrogens (primary N) is 1. The molecule has 0 radical (unpaired) electrons. The van der Waals surface area contributed by atoms with E-state index in [1.54, 1.807) is 0 Å². The molecule has 0 aliphatic heterocycles. The number of aryl methyl sites for hydroxylation is 2. The van der Waals surface area contributed by atoms with Gasteiger partial charge in [0, 0.05) is 5.92 Å². The Bertz CT molecular complexity index is 363. The number of thiocarbonyl (C=S) groups is 1. The molecule has 2 N–H and O–H groups in total. The van der Waals surface area contributed by atoms with Crippen molar-refractivity contribution in [1.29, 1.82) is 0 Å². The molecule has 0 saturated carbocycles. The van der Waals surface area contributed by atoms with Crippen LogP contribution in [0.1, 0.15) is 29.5 Å². The molecule has 0 aliphatic rings. The van der Waals surface area contributed by atoms with Gasteiger partial charge in [-0.25, -0.2) is 0 Å². The van der Waals surface area contributed by atoms with Gasteiger partial charge in [-0.3, -0.25) is 0 Å². The number of hydrogen-bond acceptors (Lipinski definition) is 2. The van der Waals surface area contributed by atoms with Crippen molar-refractivity contribution < 1.29 is 4.74 Å². The molecule has 1 atom stereocenters. The molecule has 0 fully saturated rings. The zero-order valence-electron chi connectivity index (χ0n) is 9.41. The Labute approximate surface area is 96.4 Å². The van der Waals surface area contributed by atoms with E-state index in [4.69, 9.17) is 10.5 Å². The molecule has 0 aliphatic carbocycles. The lowest BCUT2D eigenvalue weighted by atomic mass is 9.96. The molecule has 0 amide bonds. The molecule has 1 aromatic rings. The van der Waals surface area contributed by atoms with E-state index < -0.39 is 0 Å². The first kappa shape index (κ1) is 12.0. The molecule has 82 valence electrons. The molecule has 0 saturated heterocycles. The van der Waals surface area contributed by atoms with Gasteiger partial charge >= 0.3 is 0 Å². The number of benzene rings is 1. The van der Waals surface area contributed by atoms with Crippen molar-refractivity contribution >= 4 is 17.4 Å². The summed E-state index contributed by atoms with van der Waals surface area (Å²) in [6.45, 7) is 6.85. The van der Waals surface area contributed by atoms with Crippen LogP contribution in [0.5, 0.6) is 0 Å². The molecule has 15 heavy (non-hydrogen) atoms. The molecular formula is C12H17NOS. The van der Waals surface area contributed by atoms with Crippen molar-refractivity contribution in [1.82, 2.24) is 0 Å². The number of ether oxygens (including phenoxy) is 1. The molecule has 0 spiro atoms. The quantitative estimate of drug-likeness (QED) is 0.800. The van der Waals surface area contributed by atoms with Crippen LogP contribution in [0.4, 0.5) is 0 Å². The summed E-state index contributed by atoms with van der Waals surface area (Å²) >= 11 is 4.67. The van der Waals surface area contributed by atoms with Gasteiger partial charge in [0.15, 0.2) is 0 Å². The fourth-order valence-corrected chi connectivity index (χ4v) is 1.74. The summed E-state index contributed by atoms with van der Waals surface area (Å²) in [5.74, 6) is 0.312. The van der Waals surface area contributed by atoms with E-state index in [0.717, 1.165) is 0 Å². The second kappa shape index (κ2) is 5.12. The highest BCUT2D eigenvalue weighted by atomic mass is 32.1. The van der Waals surface area contributed by atoms with Gasteiger partial charge in [-0.15, -0.1) is 0 Å². The Kier molecular flexibility index (Phi) is 4.09. The minimum absolute atomic E-state index is 0.117. The number of hydrogen-bond donors (Lipinski definition) is 1. The largest absolute Gasteiger partial charge is 0.471 e. The summed E-state index contributed by atoms with van der Waals surface area (Å²) in [6, 6.07) is 6.42. The molecular weight excluding hydrogens is 206 g/mol. The second-order valence-electron chi connectivity index (χ2n) is 3.89. The summed E-state index contributed by atoms with van der Waals surface area (Å²) < 4.78 is 5.15. The highest BCUT2D eigenvalue weighted by Gasteiger charge is 2.09. The first-order valence-electron chi connectivity index (χ1n) is 5.00. The normalized spacial score (nSPS) is 12.2. The summed E-state index contributed by atoms with van der Waals surface area (Å²) in [7, 11) is 0. The molecule has 1 aromatic carbocycles. The van der Waals surface area contributed by atoms with E-state index in [1.165, 1.54) is 16.7 Å². The van der Waals surface area contributed by atoms with Crippen LogP contribution in [0, 0.1) is 13.8 Å². The maximum Gasteiger partial charge on any atom is 0.253 e. The summed E-state index contributed by atoms with van der Waals surface area (Å²) in [5.41, 5.74) is 9.14. The Morgan fingerprint density at radius 3 is 2.67 bits per heavy atom. The van der Waals surface area contributed by atoms with Gasteiger partial charge < -0.3 is 10.5 Å². The smallest absolute Gasteiger partial charge is 0.253 e. The van der Waals surface area contributed by atoms with E-state index in [2.05, 4.69) is 51.2 Å². The maximum atomic E-state index is 5.29. The van der Waals surface area contributed by atoms with Crippen LogP contribution in [-0.2, 0) is 4.74 Å². The lowest BCUT2D eigenvalue weighted by Gasteiger charge is -2.15. The fraction of sp³-hybridized carbons (Fsp3) is 0.417. The Balaban J connectivity index is 2.73. The van der Waals surface area contributed by atoms with Gasteiger partial charge in [0.2, 0.25) is 0 Å². The van der Waals surface area contributed by atoms with Gasteiger partial charge in [0.05, 0.1) is 6.61 Å². The van der Waals surface area contributed by atoms with Crippen LogP contribution in [0.15, 0.2) is 18.2 Å². The highest BCUT2D eigenvalue weighted by molar-refractivity contribution is 7.80. The Morgan fingerprint density at radius 1 is 1.47 bits per heavy atom. The predicted molar refractivity (Wildman–Crippen MR) is 67.1 cm³/mol. The average Bonchev–Trinajstić information content (AvgIpc) is 2.14. The zero-order valence-corrected chi connectivity index (χ0v) is 10.2. The topological polar surface area (TPSA) is 35.2 Å². The third-order valence-corrected chi connectivity index (χ3v) is 2.55. The van der Waals surface area contributed by atoms with Crippen LogP contribution >= 0.6 is 12.2 Å². The van der Waals surface area contributed by atoms with Crippen LogP contribution in [-0.4, -0.2) is 11.8 Å². The summed E-state index contributed by atoms with van der Waals surface area (Å²) in [6.07, 6.45) is 0. The monoisotopic (exact) mass is 223 g/mol. The van der Waals surface area contributed by atoms with E-state index in [1.807, 2.05) is 0 Å².